The minimum absolute atomic E-state index is 0.0459. The van der Waals surface area contributed by atoms with Gasteiger partial charge in [0.05, 0.1) is 0 Å². The number of rotatable bonds is 0. The van der Waals surface area contributed by atoms with E-state index in [0.717, 1.165) is 24.7 Å². The highest BCUT2D eigenvalue weighted by Crippen LogP contribution is 2.57. The van der Waals surface area contributed by atoms with Crippen LogP contribution in [0.4, 0.5) is 0 Å². The number of fused-ring (bicyclic) bond motifs is 3. The van der Waals surface area contributed by atoms with Gasteiger partial charge in [-0.25, -0.2) is 0 Å². The summed E-state index contributed by atoms with van der Waals surface area (Å²) < 4.78 is 0. The standard InChI is InChI=1S/C19H26O/c1-19-11-10-15-12-14-5-3-2-4-13(14)6-7-16(15)17(19)8-9-18(19)20/h2-3,15-17H,4-12H2,1H3/t15-,16-,17+,19+/m1/s1. The van der Waals surface area contributed by atoms with Gasteiger partial charge in [-0.1, -0.05) is 30.2 Å². The van der Waals surface area contributed by atoms with Crippen LogP contribution in [0.2, 0.25) is 0 Å². The maximum Gasteiger partial charge on any atom is 0.139 e. The van der Waals surface area contributed by atoms with Gasteiger partial charge in [-0.3, -0.25) is 4.79 Å². The largest absolute Gasteiger partial charge is 0.299 e. The van der Waals surface area contributed by atoms with Crippen molar-refractivity contribution in [3.05, 3.63) is 23.3 Å². The normalized spacial score (nSPS) is 43.9. The van der Waals surface area contributed by atoms with Crippen molar-refractivity contribution >= 4 is 5.78 Å². The molecule has 1 nitrogen and oxygen atoms in total. The second-order valence-corrected chi connectivity index (χ2v) is 7.78. The zero-order chi connectivity index (χ0) is 13.7. The van der Waals surface area contributed by atoms with Crippen molar-refractivity contribution in [1.29, 1.82) is 0 Å². The second-order valence-electron chi connectivity index (χ2n) is 7.78. The molecule has 0 unspecified atom stereocenters. The zero-order valence-corrected chi connectivity index (χ0v) is 12.7. The molecule has 4 aliphatic rings. The molecule has 2 fully saturated rings. The smallest absolute Gasteiger partial charge is 0.139 e. The first-order valence-electron chi connectivity index (χ1n) is 8.56. The van der Waals surface area contributed by atoms with Gasteiger partial charge in [-0.2, -0.15) is 0 Å². The van der Waals surface area contributed by atoms with Crippen molar-refractivity contribution in [2.24, 2.45) is 23.2 Å². The predicted molar refractivity (Wildman–Crippen MR) is 81.3 cm³/mol. The van der Waals surface area contributed by atoms with E-state index in [0.29, 0.717) is 11.7 Å². The third-order valence-electron chi connectivity index (χ3n) is 6.98. The van der Waals surface area contributed by atoms with Crippen LogP contribution in [0.1, 0.15) is 64.7 Å². The van der Waals surface area contributed by atoms with Crippen molar-refractivity contribution in [2.75, 3.05) is 0 Å². The molecule has 4 rings (SSSR count). The molecule has 0 aromatic rings. The van der Waals surface area contributed by atoms with Crippen LogP contribution in [-0.4, -0.2) is 5.78 Å². The Morgan fingerprint density at radius 2 is 1.85 bits per heavy atom. The van der Waals surface area contributed by atoms with Crippen LogP contribution in [0.3, 0.4) is 0 Å². The topological polar surface area (TPSA) is 17.1 Å². The van der Waals surface area contributed by atoms with Gasteiger partial charge >= 0.3 is 0 Å². The van der Waals surface area contributed by atoms with Crippen molar-refractivity contribution in [2.45, 2.75) is 64.7 Å². The van der Waals surface area contributed by atoms with Crippen LogP contribution in [-0.2, 0) is 4.79 Å². The first-order valence-corrected chi connectivity index (χ1v) is 8.56. The summed E-state index contributed by atoms with van der Waals surface area (Å²) in [4.78, 5) is 12.3. The average Bonchev–Trinajstić information content (AvgIpc) is 2.66. The minimum Gasteiger partial charge on any atom is -0.299 e. The Balaban J connectivity index is 1.61. The lowest BCUT2D eigenvalue weighted by atomic mass is 9.58. The van der Waals surface area contributed by atoms with Gasteiger partial charge in [0.2, 0.25) is 0 Å². The average molecular weight is 270 g/mol. The van der Waals surface area contributed by atoms with E-state index < -0.39 is 0 Å². The SMILES string of the molecule is C[C@]12CC[C@@H]3CC4=C(CC=CC4)CC[C@H]3[C@@H]1CCC2=O. The van der Waals surface area contributed by atoms with Gasteiger partial charge < -0.3 is 0 Å². The van der Waals surface area contributed by atoms with E-state index in [1.807, 2.05) is 0 Å². The van der Waals surface area contributed by atoms with Gasteiger partial charge in [0.15, 0.2) is 0 Å². The minimum atomic E-state index is 0.0459. The fourth-order valence-corrected chi connectivity index (χ4v) is 5.73. The van der Waals surface area contributed by atoms with E-state index >= 15 is 0 Å². The molecule has 0 radical (unpaired) electrons. The van der Waals surface area contributed by atoms with E-state index in [1.54, 1.807) is 11.1 Å². The zero-order valence-electron chi connectivity index (χ0n) is 12.7. The van der Waals surface area contributed by atoms with Gasteiger partial charge in [0, 0.05) is 11.8 Å². The fraction of sp³-hybridized carbons (Fsp3) is 0.737. The molecule has 0 bridgehead atoms. The quantitative estimate of drug-likeness (QED) is 0.576. The molecule has 0 N–H and O–H groups in total. The lowest BCUT2D eigenvalue weighted by Crippen LogP contribution is -2.41. The van der Waals surface area contributed by atoms with Crippen molar-refractivity contribution < 1.29 is 4.79 Å². The molecule has 0 aromatic heterocycles. The maximum absolute atomic E-state index is 12.3. The summed E-state index contributed by atoms with van der Waals surface area (Å²) in [6.07, 6.45) is 15.6. The van der Waals surface area contributed by atoms with E-state index in [4.69, 9.17) is 0 Å². The molecule has 4 aliphatic carbocycles. The van der Waals surface area contributed by atoms with Gasteiger partial charge in [0.25, 0.3) is 0 Å². The van der Waals surface area contributed by atoms with Crippen molar-refractivity contribution in [3.8, 4) is 0 Å². The summed E-state index contributed by atoms with van der Waals surface area (Å²) in [6.45, 7) is 2.28. The van der Waals surface area contributed by atoms with E-state index in [-0.39, 0.29) is 5.41 Å². The van der Waals surface area contributed by atoms with Gasteiger partial charge in [-0.05, 0) is 69.1 Å². The molecule has 0 saturated heterocycles. The maximum atomic E-state index is 12.3. The lowest BCUT2D eigenvalue weighted by Gasteiger charge is -2.45. The van der Waals surface area contributed by atoms with E-state index in [9.17, 15) is 4.79 Å². The first-order chi connectivity index (χ1) is 9.68. The predicted octanol–water partition coefficient (Wildman–Crippen LogP) is 4.83. The number of allylic oxidation sites excluding steroid dienone is 4. The first kappa shape index (κ1) is 12.9. The van der Waals surface area contributed by atoms with Crippen LogP contribution in [0.5, 0.6) is 0 Å². The van der Waals surface area contributed by atoms with Crippen LogP contribution in [0, 0.1) is 23.2 Å². The second kappa shape index (κ2) is 4.58. The van der Waals surface area contributed by atoms with E-state index in [2.05, 4.69) is 19.1 Å². The summed E-state index contributed by atoms with van der Waals surface area (Å²) >= 11 is 0. The number of carbonyl (C=O) groups is 1. The Morgan fingerprint density at radius 1 is 1.05 bits per heavy atom. The number of carbonyl (C=O) groups excluding carboxylic acids is 1. The molecule has 20 heavy (non-hydrogen) atoms. The summed E-state index contributed by atoms with van der Waals surface area (Å²) in [7, 11) is 0. The molecule has 0 aliphatic heterocycles. The molecule has 0 aromatic carbocycles. The highest BCUT2D eigenvalue weighted by Gasteiger charge is 2.53. The highest BCUT2D eigenvalue weighted by molar-refractivity contribution is 5.87. The molecular formula is C19H26O. The van der Waals surface area contributed by atoms with Gasteiger partial charge in [-0.15, -0.1) is 0 Å². The monoisotopic (exact) mass is 270 g/mol. The molecule has 4 atom stereocenters. The third-order valence-corrected chi connectivity index (χ3v) is 6.98. The molecular weight excluding hydrogens is 244 g/mol. The van der Waals surface area contributed by atoms with Crippen molar-refractivity contribution in [3.63, 3.8) is 0 Å². The van der Waals surface area contributed by atoms with E-state index in [1.165, 1.54) is 44.9 Å². The molecule has 1 heteroatoms. The summed E-state index contributed by atoms with van der Waals surface area (Å²) in [5.74, 6) is 2.97. The number of hydrogen-bond acceptors (Lipinski definition) is 1. The summed E-state index contributed by atoms with van der Waals surface area (Å²) in [5.41, 5.74) is 3.55. The highest BCUT2D eigenvalue weighted by atomic mass is 16.1. The van der Waals surface area contributed by atoms with Crippen LogP contribution in [0.25, 0.3) is 0 Å². The summed E-state index contributed by atoms with van der Waals surface area (Å²) in [5, 5.41) is 0. The molecule has 0 spiro atoms. The Kier molecular flexibility index (Phi) is 2.94. The molecule has 2 saturated carbocycles. The van der Waals surface area contributed by atoms with Crippen LogP contribution >= 0.6 is 0 Å². The van der Waals surface area contributed by atoms with Crippen molar-refractivity contribution in [1.82, 2.24) is 0 Å². The number of ketones is 1. The molecule has 108 valence electrons. The van der Waals surface area contributed by atoms with Crippen LogP contribution < -0.4 is 0 Å². The fourth-order valence-electron chi connectivity index (χ4n) is 5.73. The number of Topliss-reactive ketones (excluding diaryl/α,β-unsaturated/α-hetero) is 1. The van der Waals surface area contributed by atoms with Crippen LogP contribution in [0.15, 0.2) is 23.3 Å². The number of hydrogen-bond donors (Lipinski definition) is 0. The molecule has 0 amide bonds. The molecule has 0 heterocycles. The Hall–Kier alpha value is -0.850. The summed E-state index contributed by atoms with van der Waals surface area (Å²) in [6, 6.07) is 0. The Morgan fingerprint density at radius 3 is 2.70 bits per heavy atom. The van der Waals surface area contributed by atoms with Gasteiger partial charge in [0.1, 0.15) is 5.78 Å². The lowest BCUT2D eigenvalue weighted by molar-refractivity contribution is -0.129. The third kappa shape index (κ3) is 1.78. The Labute approximate surface area is 122 Å². The Bertz CT molecular complexity index is 498.